The molecule has 2 heterocycles. The molecule has 1 aromatic rings. The first-order valence-corrected chi connectivity index (χ1v) is 8.54. The molecule has 2 fully saturated rings. The van der Waals surface area contributed by atoms with Crippen LogP contribution in [0, 0.1) is 5.92 Å². The van der Waals surface area contributed by atoms with Gasteiger partial charge in [0.2, 0.25) is 0 Å². The van der Waals surface area contributed by atoms with Crippen molar-refractivity contribution >= 4 is 16.9 Å². The highest BCUT2D eigenvalue weighted by molar-refractivity contribution is 8.14. The highest BCUT2D eigenvalue weighted by Crippen LogP contribution is 2.38. The van der Waals surface area contributed by atoms with Crippen LogP contribution in [0.1, 0.15) is 39.0 Å². The Hall–Kier alpha value is -1.04. The van der Waals surface area contributed by atoms with Crippen LogP contribution in [-0.4, -0.2) is 38.0 Å². The lowest BCUT2D eigenvalue weighted by Gasteiger charge is -2.35. The second kappa shape index (κ2) is 6.16. The minimum absolute atomic E-state index is 0.349. The third-order valence-corrected chi connectivity index (χ3v) is 5.56. The van der Waals surface area contributed by atoms with Crippen molar-refractivity contribution in [3.63, 3.8) is 0 Å². The van der Waals surface area contributed by atoms with E-state index in [1.807, 2.05) is 22.6 Å². The summed E-state index contributed by atoms with van der Waals surface area (Å²) in [6.45, 7) is 4.12. The van der Waals surface area contributed by atoms with Crippen LogP contribution in [0.15, 0.2) is 17.4 Å². The molecule has 1 aliphatic heterocycles. The topological polar surface area (TPSA) is 55.1 Å². The highest BCUT2D eigenvalue weighted by Gasteiger charge is 2.39. The molecule has 110 valence electrons. The predicted molar refractivity (Wildman–Crippen MR) is 82.9 cm³/mol. The molecule has 0 bridgehead atoms. The molecule has 1 aliphatic carbocycles. The number of nitrogens with zero attached hydrogens (tertiary/aromatic N) is 4. The standard InChI is InChI=1S/C14H23N5S/c1-12-3-5-14(6-4-12)11-20-13(17-14)15-7-2-9-19-10-8-16-18-19/h8,10,12H,2-7,9,11H2,1H3,(H,15,17). The van der Waals surface area contributed by atoms with Crippen molar-refractivity contribution in [3.8, 4) is 0 Å². The van der Waals surface area contributed by atoms with E-state index in [9.17, 15) is 0 Å². The molecule has 0 radical (unpaired) electrons. The first-order chi connectivity index (χ1) is 9.76. The summed E-state index contributed by atoms with van der Waals surface area (Å²) in [4.78, 5) is 4.70. The monoisotopic (exact) mass is 293 g/mol. The van der Waals surface area contributed by atoms with E-state index in [0.717, 1.165) is 30.6 Å². The Morgan fingerprint density at radius 2 is 2.35 bits per heavy atom. The van der Waals surface area contributed by atoms with Crippen LogP contribution in [0.3, 0.4) is 0 Å². The smallest absolute Gasteiger partial charge is 0.157 e. The molecular formula is C14H23N5S. The lowest BCUT2D eigenvalue weighted by molar-refractivity contribution is 0.251. The summed E-state index contributed by atoms with van der Waals surface area (Å²) in [6.07, 6.45) is 9.94. The van der Waals surface area contributed by atoms with Gasteiger partial charge in [-0.2, -0.15) is 0 Å². The molecule has 0 unspecified atom stereocenters. The van der Waals surface area contributed by atoms with E-state index in [1.165, 1.54) is 31.4 Å². The summed E-state index contributed by atoms with van der Waals surface area (Å²) in [6, 6.07) is 0. The molecule has 3 rings (SSSR count). The van der Waals surface area contributed by atoms with Crippen LogP contribution in [0.2, 0.25) is 0 Å². The number of nitrogens with one attached hydrogen (secondary N) is 1. The number of amidine groups is 1. The normalized spacial score (nSPS) is 31.9. The van der Waals surface area contributed by atoms with E-state index < -0.39 is 0 Å². The number of rotatable bonds is 4. The van der Waals surface area contributed by atoms with Crippen molar-refractivity contribution in [1.82, 2.24) is 20.3 Å². The Bertz CT molecular complexity index is 448. The maximum Gasteiger partial charge on any atom is 0.157 e. The number of aliphatic imine (C=N–C) groups is 1. The van der Waals surface area contributed by atoms with Crippen LogP contribution in [0.5, 0.6) is 0 Å². The molecule has 5 nitrogen and oxygen atoms in total. The minimum atomic E-state index is 0.349. The molecule has 1 saturated heterocycles. The van der Waals surface area contributed by atoms with Crippen molar-refractivity contribution in [2.24, 2.45) is 10.9 Å². The molecule has 6 heteroatoms. The van der Waals surface area contributed by atoms with Crippen LogP contribution in [0.4, 0.5) is 0 Å². The Morgan fingerprint density at radius 1 is 1.50 bits per heavy atom. The quantitative estimate of drug-likeness (QED) is 0.866. The Kier molecular flexibility index (Phi) is 4.29. The van der Waals surface area contributed by atoms with Crippen molar-refractivity contribution < 1.29 is 0 Å². The number of hydrogen-bond donors (Lipinski definition) is 1. The molecule has 0 atom stereocenters. The first kappa shape index (κ1) is 13.9. The Labute approximate surface area is 124 Å². The van der Waals surface area contributed by atoms with Gasteiger partial charge in [0, 0.05) is 30.6 Å². The SMILES string of the molecule is CC1CCC2(CC1)CSC(=NCCCn1ccnn1)N2. The molecular weight excluding hydrogens is 270 g/mol. The number of aromatic nitrogens is 3. The van der Waals surface area contributed by atoms with Crippen molar-refractivity contribution in [2.75, 3.05) is 12.3 Å². The van der Waals surface area contributed by atoms with Gasteiger partial charge in [0.15, 0.2) is 5.17 Å². The minimum Gasteiger partial charge on any atom is -0.359 e. The fraction of sp³-hybridized carbons (Fsp3) is 0.786. The molecule has 0 amide bonds. The fourth-order valence-electron chi connectivity index (χ4n) is 2.94. The summed E-state index contributed by atoms with van der Waals surface area (Å²) < 4.78 is 1.86. The van der Waals surface area contributed by atoms with Crippen molar-refractivity contribution in [1.29, 1.82) is 0 Å². The largest absolute Gasteiger partial charge is 0.359 e. The lowest BCUT2D eigenvalue weighted by Crippen LogP contribution is -2.46. The van der Waals surface area contributed by atoms with Crippen LogP contribution in [0.25, 0.3) is 0 Å². The second-order valence-corrected chi connectivity index (χ2v) is 7.05. The fourth-order valence-corrected chi connectivity index (χ4v) is 4.19. The zero-order valence-corrected chi connectivity index (χ0v) is 12.9. The zero-order chi connectivity index (χ0) is 13.8. The summed E-state index contributed by atoms with van der Waals surface area (Å²) >= 11 is 1.90. The molecule has 1 N–H and O–H groups in total. The second-order valence-electron chi connectivity index (χ2n) is 6.08. The van der Waals surface area contributed by atoms with Gasteiger partial charge in [-0.05, 0) is 38.0 Å². The third kappa shape index (κ3) is 3.34. The van der Waals surface area contributed by atoms with E-state index in [4.69, 9.17) is 4.99 Å². The van der Waals surface area contributed by atoms with Gasteiger partial charge in [-0.15, -0.1) is 5.10 Å². The van der Waals surface area contributed by atoms with Crippen LogP contribution >= 0.6 is 11.8 Å². The third-order valence-electron chi connectivity index (χ3n) is 4.36. The van der Waals surface area contributed by atoms with E-state index in [0.29, 0.717) is 5.54 Å². The number of aryl methyl sites for hydroxylation is 1. The Morgan fingerprint density at radius 3 is 3.10 bits per heavy atom. The van der Waals surface area contributed by atoms with Gasteiger partial charge in [0.05, 0.1) is 6.20 Å². The highest BCUT2D eigenvalue weighted by atomic mass is 32.2. The van der Waals surface area contributed by atoms with Gasteiger partial charge >= 0.3 is 0 Å². The maximum atomic E-state index is 4.70. The van der Waals surface area contributed by atoms with Gasteiger partial charge in [0.1, 0.15) is 0 Å². The predicted octanol–water partition coefficient (Wildman–Crippen LogP) is 2.31. The zero-order valence-electron chi connectivity index (χ0n) is 12.1. The molecule has 1 aromatic heterocycles. The first-order valence-electron chi connectivity index (χ1n) is 7.55. The number of thioether (sulfide) groups is 1. The van der Waals surface area contributed by atoms with E-state index in [2.05, 4.69) is 22.6 Å². The average Bonchev–Trinajstić information content (AvgIpc) is 3.09. The average molecular weight is 293 g/mol. The van der Waals surface area contributed by atoms with Gasteiger partial charge in [-0.3, -0.25) is 9.67 Å². The van der Waals surface area contributed by atoms with Gasteiger partial charge < -0.3 is 5.32 Å². The number of hydrogen-bond acceptors (Lipinski definition) is 4. The lowest BCUT2D eigenvalue weighted by atomic mass is 9.78. The van der Waals surface area contributed by atoms with E-state index in [1.54, 1.807) is 6.20 Å². The van der Waals surface area contributed by atoms with E-state index >= 15 is 0 Å². The maximum absolute atomic E-state index is 4.70. The summed E-state index contributed by atoms with van der Waals surface area (Å²) in [5, 5.41) is 12.6. The molecule has 0 aromatic carbocycles. The van der Waals surface area contributed by atoms with Crippen molar-refractivity contribution in [2.45, 2.75) is 51.1 Å². The molecule has 1 spiro atoms. The molecule has 20 heavy (non-hydrogen) atoms. The summed E-state index contributed by atoms with van der Waals surface area (Å²) in [7, 11) is 0. The van der Waals surface area contributed by atoms with Gasteiger partial charge in [-0.25, -0.2) is 0 Å². The van der Waals surface area contributed by atoms with Gasteiger partial charge in [-0.1, -0.05) is 23.9 Å². The van der Waals surface area contributed by atoms with Crippen LogP contribution < -0.4 is 5.32 Å². The Balaban J connectivity index is 1.43. The molecule has 1 saturated carbocycles. The van der Waals surface area contributed by atoms with Gasteiger partial charge in [0.25, 0.3) is 0 Å². The summed E-state index contributed by atoms with van der Waals surface area (Å²) in [5.74, 6) is 2.10. The summed E-state index contributed by atoms with van der Waals surface area (Å²) in [5.41, 5.74) is 0.349. The van der Waals surface area contributed by atoms with E-state index in [-0.39, 0.29) is 0 Å². The van der Waals surface area contributed by atoms with Crippen molar-refractivity contribution in [3.05, 3.63) is 12.4 Å². The van der Waals surface area contributed by atoms with Crippen LogP contribution in [-0.2, 0) is 6.54 Å². The molecule has 2 aliphatic rings.